The number of nitrogens with zero attached hydrogens (tertiary/aromatic N) is 2. The minimum absolute atomic E-state index is 0.396. The van der Waals surface area contributed by atoms with Crippen molar-refractivity contribution < 1.29 is 4.42 Å². The van der Waals surface area contributed by atoms with E-state index in [2.05, 4.69) is 34.2 Å². The normalized spacial score (nSPS) is 11.8. The molecule has 5 rings (SSSR count). The topological polar surface area (TPSA) is 38.9 Å². The number of hydrogen-bond donors (Lipinski definition) is 0. The molecule has 2 radical (unpaired) electrons. The molecule has 0 aliphatic heterocycles. The van der Waals surface area contributed by atoms with Crippen LogP contribution >= 0.6 is 0 Å². The molecule has 0 N–H and O–H groups in total. The Hall–Kier alpha value is -2.88. The van der Waals surface area contributed by atoms with Crippen LogP contribution in [0, 0.1) is 0 Å². The minimum Gasteiger partial charge on any atom is -0.436 e. The average Bonchev–Trinajstić information content (AvgIpc) is 2.94. The van der Waals surface area contributed by atoms with E-state index in [0.717, 1.165) is 32.6 Å². The lowest BCUT2D eigenvalue weighted by atomic mass is 9.98. The maximum atomic E-state index is 6.00. The third-order valence-corrected chi connectivity index (χ3v) is 4.08. The highest BCUT2D eigenvalue weighted by Crippen LogP contribution is 2.38. The van der Waals surface area contributed by atoms with Crippen molar-refractivity contribution in [2.24, 2.45) is 0 Å². The van der Waals surface area contributed by atoms with Gasteiger partial charge in [0.25, 0.3) is 0 Å². The summed E-state index contributed by atoms with van der Waals surface area (Å²) in [6.07, 6.45) is 1.52. The third-order valence-electron chi connectivity index (χ3n) is 4.08. The molecule has 3 aromatic carbocycles. The molecule has 0 aliphatic carbocycles. The van der Waals surface area contributed by atoms with E-state index in [1.165, 1.54) is 11.6 Å². The van der Waals surface area contributed by atoms with Crippen molar-refractivity contribution in [1.29, 1.82) is 0 Å². The Morgan fingerprint density at radius 2 is 1.45 bits per heavy atom. The maximum absolute atomic E-state index is 6.00. The standard InChI is InChI=1S/C18H9BN2O/c19-14-9-20-18-16(21-14)15-12-7-3-1-5-10(12)11-6-2-4-8-13(11)17(15)22-18/h1-9H. The summed E-state index contributed by atoms with van der Waals surface area (Å²) in [6, 6.07) is 16.5. The summed E-state index contributed by atoms with van der Waals surface area (Å²) >= 11 is 0. The Balaban J connectivity index is 2.22. The van der Waals surface area contributed by atoms with Crippen LogP contribution in [0.3, 0.4) is 0 Å². The number of aromatic nitrogens is 2. The quantitative estimate of drug-likeness (QED) is 0.322. The molecule has 2 heterocycles. The number of hydrogen-bond acceptors (Lipinski definition) is 3. The second kappa shape index (κ2) is 4.07. The molecule has 4 heteroatoms. The van der Waals surface area contributed by atoms with E-state index in [4.69, 9.17) is 12.3 Å². The van der Waals surface area contributed by atoms with Gasteiger partial charge in [0.05, 0.1) is 5.39 Å². The summed E-state index contributed by atoms with van der Waals surface area (Å²) in [5, 5.41) is 5.49. The minimum atomic E-state index is 0.396. The number of fused-ring (bicyclic) bond motifs is 8. The van der Waals surface area contributed by atoms with Crippen molar-refractivity contribution in [2.45, 2.75) is 0 Å². The van der Waals surface area contributed by atoms with E-state index in [1.54, 1.807) is 0 Å². The van der Waals surface area contributed by atoms with Gasteiger partial charge in [-0.05, 0) is 16.2 Å². The first-order valence-electron chi connectivity index (χ1n) is 7.07. The van der Waals surface area contributed by atoms with Gasteiger partial charge in [-0.15, -0.1) is 0 Å². The van der Waals surface area contributed by atoms with Crippen molar-refractivity contribution in [3.05, 3.63) is 54.7 Å². The molecule has 3 nitrogen and oxygen atoms in total. The lowest BCUT2D eigenvalue weighted by Gasteiger charge is -2.05. The molecule has 0 saturated heterocycles. The highest BCUT2D eigenvalue weighted by Gasteiger charge is 2.16. The number of furan rings is 1. The predicted octanol–water partition coefficient (Wildman–Crippen LogP) is 3.48. The zero-order valence-electron chi connectivity index (χ0n) is 11.6. The van der Waals surface area contributed by atoms with E-state index in [9.17, 15) is 0 Å². The first-order chi connectivity index (χ1) is 10.8. The zero-order chi connectivity index (χ0) is 14.7. The summed E-state index contributed by atoms with van der Waals surface area (Å²) in [7, 11) is 5.82. The van der Waals surface area contributed by atoms with Gasteiger partial charge in [0.2, 0.25) is 5.71 Å². The van der Waals surface area contributed by atoms with Gasteiger partial charge in [-0.25, -0.2) is 4.98 Å². The fraction of sp³-hybridized carbons (Fsp3) is 0. The van der Waals surface area contributed by atoms with Gasteiger partial charge < -0.3 is 4.42 Å². The van der Waals surface area contributed by atoms with Crippen molar-refractivity contribution >= 4 is 57.2 Å². The first-order valence-corrected chi connectivity index (χ1v) is 7.07. The van der Waals surface area contributed by atoms with E-state index < -0.39 is 0 Å². The Morgan fingerprint density at radius 3 is 2.23 bits per heavy atom. The molecule has 2 aromatic heterocycles. The highest BCUT2D eigenvalue weighted by molar-refractivity contribution is 6.32. The largest absolute Gasteiger partial charge is 0.436 e. The monoisotopic (exact) mass is 280 g/mol. The van der Waals surface area contributed by atoms with Crippen molar-refractivity contribution in [3.63, 3.8) is 0 Å². The smallest absolute Gasteiger partial charge is 0.246 e. The van der Waals surface area contributed by atoms with Crippen molar-refractivity contribution in [2.75, 3.05) is 0 Å². The Labute approximate surface area is 127 Å². The molecular formula is C18H9BN2O. The van der Waals surface area contributed by atoms with Crippen LogP contribution in [0.4, 0.5) is 0 Å². The van der Waals surface area contributed by atoms with Crippen LogP contribution in [0.15, 0.2) is 59.1 Å². The van der Waals surface area contributed by atoms with E-state index in [-0.39, 0.29) is 0 Å². The van der Waals surface area contributed by atoms with E-state index in [1.807, 2.05) is 24.3 Å². The molecule has 0 saturated carbocycles. The Bertz CT molecular complexity index is 1190. The molecule has 0 aliphatic rings. The van der Waals surface area contributed by atoms with Crippen LogP contribution in [0.1, 0.15) is 0 Å². The van der Waals surface area contributed by atoms with E-state index >= 15 is 0 Å². The first kappa shape index (κ1) is 11.7. The van der Waals surface area contributed by atoms with Crippen LogP contribution in [-0.4, -0.2) is 17.8 Å². The summed E-state index contributed by atoms with van der Waals surface area (Å²) in [5.41, 5.74) is 2.45. The van der Waals surface area contributed by atoms with Gasteiger partial charge in [0, 0.05) is 17.2 Å². The summed E-state index contributed by atoms with van der Waals surface area (Å²) < 4.78 is 6.00. The fourth-order valence-electron chi connectivity index (χ4n) is 3.18. The second-order valence-electron chi connectivity index (χ2n) is 5.35. The second-order valence-corrected chi connectivity index (χ2v) is 5.35. The maximum Gasteiger partial charge on any atom is 0.246 e. The SMILES string of the molecule is [B]c1cnc2oc3c4ccccc4c4ccccc4c3c2n1. The molecular weight excluding hydrogens is 271 g/mol. The van der Waals surface area contributed by atoms with Gasteiger partial charge in [-0.3, -0.25) is 4.98 Å². The fourth-order valence-corrected chi connectivity index (χ4v) is 3.18. The lowest BCUT2D eigenvalue weighted by Crippen LogP contribution is -2.07. The molecule has 0 unspecified atom stereocenters. The molecule has 0 bridgehead atoms. The zero-order valence-corrected chi connectivity index (χ0v) is 11.6. The average molecular weight is 280 g/mol. The van der Waals surface area contributed by atoms with Gasteiger partial charge in [-0.1, -0.05) is 48.5 Å². The third kappa shape index (κ3) is 1.41. The Kier molecular flexibility index (Phi) is 2.18. The van der Waals surface area contributed by atoms with Crippen molar-refractivity contribution in [1.82, 2.24) is 9.97 Å². The van der Waals surface area contributed by atoms with Crippen LogP contribution in [0.2, 0.25) is 0 Å². The number of benzene rings is 3. The summed E-state index contributed by atoms with van der Waals surface area (Å²) in [5.74, 6) is 0. The van der Waals surface area contributed by atoms with Gasteiger partial charge >= 0.3 is 0 Å². The Morgan fingerprint density at radius 1 is 0.818 bits per heavy atom. The van der Waals surface area contributed by atoms with Gasteiger partial charge in [-0.2, -0.15) is 0 Å². The predicted molar refractivity (Wildman–Crippen MR) is 89.7 cm³/mol. The van der Waals surface area contributed by atoms with Crippen LogP contribution in [0.25, 0.3) is 43.7 Å². The molecule has 0 amide bonds. The van der Waals surface area contributed by atoms with Crippen LogP contribution < -0.4 is 5.59 Å². The summed E-state index contributed by atoms with van der Waals surface area (Å²) in [4.78, 5) is 8.72. The summed E-state index contributed by atoms with van der Waals surface area (Å²) in [6.45, 7) is 0. The molecule has 0 fully saturated rings. The molecule has 0 atom stereocenters. The van der Waals surface area contributed by atoms with Gasteiger partial charge in [0.15, 0.2) is 0 Å². The molecule has 22 heavy (non-hydrogen) atoms. The number of rotatable bonds is 0. The van der Waals surface area contributed by atoms with E-state index in [0.29, 0.717) is 11.3 Å². The van der Waals surface area contributed by atoms with Crippen LogP contribution in [0.5, 0.6) is 0 Å². The van der Waals surface area contributed by atoms with Crippen LogP contribution in [-0.2, 0) is 0 Å². The lowest BCUT2D eigenvalue weighted by molar-refractivity contribution is 0.657. The molecule has 100 valence electrons. The van der Waals surface area contributed by atoms with Gasteiger partial charge in [0.1, 0.15) is 18.9 Å². The molecule has 5 aromatic rings. The highest BCUT2D eigenvalue weighted by atomic mass is 16.3. The van der Waals surface area contributed by atoms with Crippen molar-refractivity contribution in [3.8, 4) is 0 Å². The molecule has 0 spiro atoms.